The van der Waals surface area contributed by atoms with Crippen LogP contribution in [0.5, 0.6) is 0 Å². The molecular formula is C16H20F2N2O. The van der Waals surface area contributed by atoms with Crippen molar-refractivity contribution in [2.24, 2.45) is 0 Å². The summed E-state index contributed by atoms with van der Waals surface area (Å²) in [7, 11) is 0. The van der Waals surface area contributed by atoms with E-state index in [2.05, 4.69) is 5.32 Å². The zero-order chi connectivity index (χ0) is 15.0. The molecule has 21 heavy (non-hydrogen) atoms. The average Bonchev–Trinajstić information content (AvgIpc) is 2.67. The first-order valence-corrected chi connectivity index (χ1v) is 7.65. The Morgan fingerprint density at radius 1 is 1.33 bits per heavy atom. The number of hydrogen-bond donors (Lipinski definition) is 1. The van der Waals surface area contributed by atoms with Crippen LogP contribution < -0.4 is 5.32 Å². The fourth-order valence-corrected chi connectivity index (χ4v) is 3.16. The lowest BCUT2D eigenvalue weighted by Crippen LogP contribution is -2.44. The Balaban J connectivity index is 1.92. The molecule has 1 saturated heterocycles. The lowest BCUT2D eigenvalue weighted by atomic mass is 9.90. The molecule has 1 aliphatic carbocycles. The maximum atomic E-state index is 14.1. The SMILES string of the molecule is CCCC1NC(c2ccc(F)cc2F)N(C2CCC2)C1=O. The van der Waals surface area contributed by atoms with Crippen molar-refractivity contribution in [1.29, 1.82) is 0 Å². The highest BCUT2D eigenvalue weighted by molar-refractivity contribution is 5.85. The van der Waals surface area contributed by atoms with E-state index in [1.165, 1.54) is 12.1 Å². The van der Waals surface area contributed by atoms with E-state index < -0.39 is 17.8 Å². The first kappa shape index (κ1) is 14.4. The normalized spacial score (nSPS) is 26.2. The van der Waals surface area contributed by atoms with Crippen molar-refractivity contribution in [3.63, 3.8) is 0 Å². The third-order valence-electron chi connectivity index (χ3n) is 4.49. The topological polar surface area (TPSA) is 32.3 Å². The second-order valence-electron chi connectivity index (χ2n) is 5.91. The first-order valence-electron chi connectivity index (χ1n) is 7.65. The van der Waals surface area contributed by atoms with Gasteiger partial charge in [-0.3, -0.25) is 10.1 Å². The van der Waals surface area contributed by atoms with Gasteiger partial charge in [0.15, 0.2) is 0 Å². The summed E-state index contributed by atoms with van der Waals surface area (Å²) in [6.07, 6.45) is 4.19. The van der Waals surface area contributed by atoms with E-state index >= 15 is 0 Å². The third kappa shape index (κ3) is 2.55. The van der Waals surface area contributed by atoms with Crippen molar-refractivity contribution in [1.82, 2.24) is 10.2 Å². The number of carbonyl (C=O) groups excluding carboxylic acids is 1. The van der Waals surface area contributed by atoms with Gasteiger partial charge in [-0.05, 0) is 37.8 Å². The summed E-state index contributed by atoms with van der Waals surface area (Å²) in [6.45, 7) is 2.02. The number of nitrogens with zero attached hydrogens (tertiary/aromatic N) is 1. The van der Waals surface area contributed by atoms with Crippen molar-refractivity contribution in [2.45, 2.75) is 57.3 Å². The molecule has 1 aliphatic heterocycles. The minimum atomic E-state index is -0.596. The van der Waals surface area contributed by atoms with Gasteiger partial charge in [0.25, 0.3) is 0 Å². The van der Waals surface area contributed by atoms with Crippen LogP contribution in [0.25, 0.3) is 0 Å². The third-order valence-corrected chi connectivity index (χ3v) is 4.49. The van der Waals surface area contributed by atoms with Crippen molar-refractivity contribution >= 4 is 5.91 Å². The van der Waals surface area contributed by atoms with Crippen molar-refractivity contribution in [3.8, 4) is 0 Å². The molecular weight excluding hydrogens is 274 g/mol. The summed E-state index contributed by atoms with van der Waals surface area (Å²) in [5.74, 6) is -1.14. The van der Waals surface area contributed by atoms with Crippen LogP contribution in [0, 0.1) is 11.6 Å². The van der Waals surface area contributed by atoms with Crippen LogP contribution in [0.3, 0.4) is 0 Å². The van der Waals surface area contributed by atoms with Gasteiger partial charge >= 0.3 is 0 Å². The van der Waals surface area contributed by atoms with Crippen LogP contribution in [0.4, 0.5) is 8.78 Å². The molecule has 0 aromatic heterocycles. The van der Waals surface area contributed by atoms with E-state index in [4.69, 9.17) is 0 Å². The molecule has 1 amide bonds. The smallest absolute Gasteiger partial charge is 0.241 e. The van der Waals surface area contributed by atoms with Gasteiger partial charge in [-0.25, -0.2) is 8.78 Å². The number of hydrogen-bond acceptors (Lipinski definition) is 2. The lowest BCUT2D eigenvalue weighted by molar-refractivity contribution is -0.134. The molecule has 1 N–H and O–H groups in total. The van der Waals surface area contributed by atoms with Gasteiger partial charge in [-0.1, -0.05) is 13.3 Å². The number of nitrogens with one attached hydrogen (secondary N) is 1. The van der Waals surface area contributed by atoms with E-state index in [1.807, 2.05) is 6.92 Å². The van der Waals surface area contributed by atoms with Crippen LogP contribution in [-0.2, 0) is 4.79 Å². The average molecular weight is 294 g/mol. The molecule has 0 spiro atoms. The molecule has 3 rings (SSSR count). The fourth-order valence-electron chi connectivity index (χ4n) is 3.16. The zero-order valence-corrected chi connectivity index (χ0v) is 12.1. The highest BCUT2D eigenvalue weighted by atomic mass is 19.1. The van der Waals surface area contributed by atoms with E-state index in [1.54, 1.807) is 4.90 Å². The Kier molecular flexibility index (Phi) is 3.93. The van der Waals surface area contributed by atoms with Crippen molar-refractivity contribution in [2.75, 3.05) is 0 Å². The number of halogens is 2. The Bertz CT molecular complexity index is 545. The van der Waals surface area contributed by atoms with Gasteiger partial charge < -0.3 is 4.90 Å². The summed E-state index contributed by atoms with van der Waals surface area (Å²) < 4.78 is 27.2. The zero-order valence-electron chi connectivity index (χ0n) is 12.1. The van der Waals surface area contributed by atoms with E-state index in [-0.39, 0.29) is 18.0 Å². The van der Waals surface area contributed by atoms with Crippen LogP contribution in [0.15, 0.2) is 18.2 Å². The molecule has 2 aliphatic rings. The maximum Gasteiger partial charge on any atom is 0.241 e. The monoisotopic (exact) mass is 294 g/mol. The minimum Gasteiger partial charge on any atom is -0.318 e. The van der Waals surface area contributed by atoms with Crippen LogP contribution in [0.1, 0.15) is 50.8 Å². The van der Waals surface area contributed by atoms with Crippen LogP contribution >= 0.6 is 0 Å². The molecule has 1 saturated carbocycles. The van der Waals surface area contributed by atoms with E-state index in [9.17, 15) is 13.6 Å². The minimum absolute atomic E-state index is 0.0512. The lowest BCUT2D eigenvalue weighted by Gasteiger charge is -2.38. The summed E-state index contributed by atoms with van der Waals surface area (Å²) in [5, 5.41) is 3.23. The molecule has 2 unspecified atom stereocenters. The molecule has 114 valence electrons. The Morgan fingerprint density at radius 3 is 2.67 bits per heavy atom. The largest absolute Gasteiger partial charge is 0.318 e. The summed E-state index contributed by atoms with van der Waals surface area (Å²) in [6, 6.07) is 3.49. The molecule has 0 bridgehead atoms. The first-order chi connectivity index (χ1) is 10.1. The second kappa shape index (κ2) is 5.72. The van der Waals surface area contributed by atoms with E-state index in [0.717, 1.165) is 38.2 Å². The predicted molar refractivity (Wildman–Crippen MR) is 75.4 cm³/mol. The number of amides is 1. The Labute approximate surface area is 123 Å². The second-order valence-corrected chi connectivity index (χ2v) is 5.91. The summed E-state index contributed by atoms with van der Waals surface area (Å²) in [5.41, 5.74) is 0.357. The molecule has 5 heteroatoms. The van der Waals surface area contributed by atoms with Gasteiger partial charge in [0, 0.05) is 17.7 Å². The molecule has 2 fully saturated rings. The number of rotatable bonds is 4. The molecule has 2 atom stereocenters. The Hall–Kier alpha value is -1.49. The quantitative estimate of drug-likeness (QED) is 0.925. The maximum absolute atomic E-state index is 14.1. The molecule has 1 aromatic carbocycles. The standard InChI is InChI=1S/C16H20F2N2O/c1-2-4-14-16(21)20(11-5-3-6-11)15(19-14)12-8-7-10(17)9-13(12)18/h7-9,11,14-15,19H,2-6H2,1H3. The van der Waals surface area contributed by atoms with Crippen molar-refractivity contribution in [3.05, 3.63) is 35.4 Å². The van der Waals surface area contributed by atoms with E-state index in [0.29, 0.717) is 5.56 Å². The summed E-state index contributed by atoms with van der Waals surface area (Å²) in [4.78, 5) is 14.3. The van der Waals surface area contributed by atoms with Gasteiger partial charge in [0.2, 0.25) is 5.91 Å². The molecule has 1 aromatic rings. The van der Waals surface area contributed by atoms with Gasteiger partial charge in [0.05, 0.1) is 6.04 Å². The van der Waals surface area contributed by atoms with Crippen molar-refractivity contribution < 1.29 is 13.6 Å². The van der Waals surface area contributed by atoms with Gasteiger partial charge in [-0.15, -0.1) is 0 Å². The van der Waals surface area contributed by atoms with Gasteiger partial charge in [0.1, 0.15) is 17.8 Å². The molecule has 1 heterocycles. The van der Waals surface area contributed by atoms with Crippen LogP contribution in [0.2, 0.25) is 0 Å². The summed E-state index contributed by atoms with van der Waals surface area (Å²) >= 11 is 0. The number of benzene rings is 1. The predicted octanol–water partition coefficient (Wildman–Crippen LogP) is 3.12. The Morgan fingerprint density at radius 2 is 2.10 bits per heavy atom. The highest BCUT2D eigenvalue weighted by Crippen LogP contribution is 2.36. The molecule has 3 nitrogen and oxygen atoms in total. The van der Waals surface area contributed by atoms with Crippen LogP contribution in [-0.4, -0.2) is 22.9 Å². The fraction of sp³-hybridized carbons (Fsp3) is 0.562. The molecule has 0 radical (unpaired) electrons. The number of carbonyl (C=O) groups is 1. The highest BCUT2D eigenvalue weighted by Gasteiger charge is 2.44. The van der Waals surface area contributed by atoms with Gasteiger partial charge in [-0.2, -0.15) is 0 Å².